The molecule has 0 heterocycles. The van der Waals surface area contributed by atoms with E-state index in [0.29, 0.717) is 0 Å². The van der Waals surface area contributed by atoms with Gasteiger partial charge in [0.1, 0.15) is 0 Å². The van der Waals surface area contributed by atoms with Gasteiger partial charge in [0.05, 0.1) is 0 Å². The smallest absolute Gasteiger partial charge is 0.0238 e. The third-order valence-electron chi connectivity index (χ3n) is 6.55. The molecule has 0 N–H and O–H groups in total. The third-order valence-corrected chi connectivity index (χ3v) is 6.55. The minimum Gasteiger partial charge on any atom is -0.179 e. The first kappa shape index (κ1) is 27.3. The molecule has 0 spiro atoms. The second-order valence-corrected chi connectivity index (χ2v) is 9.02. The van der Waals surface area contributed by atoms with E-state index < -0.39 is 0 Å². The monoisotopic (exact) mass is 524 g/mol. The maximum absolute atomic E-state index is 3.30. The average molecular weight is 525 g/mol. The molecule has 0 fully saturated rings. The second kappa shape index (κ2) is 14.9. The fourth-order valence-corrected chi connectivity index (χ4v) is 4.65. The molecule has 6 aromatic rings. The van der Waals surface area contributed by atoms with Crippen LogP contribution in [0, 0.1) is 6.07 Å². The van der Waals surface area contributed by atoms with Gasteiger partial charge < -0.3 is 0 Å². The van der Waals surface area contributed by atoms with Crippen molar-refractivity contribution in [1.82, 2.24) is 0 Å². The van der Waals surface area contributed by atoms with Gasteiger partial charge in [0.15, 0.2) is 0 Å². The van der Waals surface area contributed by atoms with E-state index in [2.05, 4.69) is 150 Å². The Hall–Kier alpha value is -3.71. The molecule has 0 amide bonds. The molecule has 1 aliphatic carbocycles. The van der Waals surface area contributed by atoms with Crippen molar-refractivity contribution in [2.24, 2.45) is 0 Å². The summed E-state index contributed by atoms with van der Waals surface area (Å²) in [4.78, 5) is 3.25. The molecule has 0 radical (unpaired) electrons. The molecule has 1 aliphatic rings. The molecule has 0 aromatic heterocycles. The van der Waals surface area contributed by atoms with Crippen LogP contribution in [0.2, 0.25) is 0 Å². The zero-order chi connectivity index (χ0) is 26.4. The number of benzene rings is 5. The van der Waals surface area contributed by atoms with Crippen LogP contribution < -0.4 is 0 Å². The maximum Gasteiger partial charge on any atom is -0.0238 e. The van der Waals surface area contributed by atoms with Crippen LogP contribution in [-0.4, -0.2) is 4.82 Å². The molecular weight excluding hydrogens is 492 g/mol. The molecule has 38 heavy (non-hydrogen) atoms. The Kier molecular flexibility index (Phi) is 10.7. The number of hydrogen-bond acceptors (Lipinski definition) is 0. The summed E-state index contributed by atoms with van der Waals surface area (Å²) in [6.07, 6.45) is 3.31. The van der Waals surface area contributed by atoms with Gasteiger partial charge in [0.25, 0.3) is 0 Å². The van der Waals surface area contributed by atoms with E-state index in [1.54, 1.807) is 20.0 Å². The van der Waals surface area contributed by atoms with Gasteiger partial charge in [-0.25, -0.2) is 0 Å². The van der Waals surface area contributed by atoms with Crippen molar-refractivity contribution in [2.75, 3.05) is 0 Å². The fraction of sp³-hybridized carbons (Fsp3) is 0.0811. The molecule has 0 atom stereocenters. The molecule has 0 unspecified atom stereocenters. The Balaban J connectivity index is 0.000000131. The Labute approximate surface area is 238 Å². The van der Waals surface area contributed by atoms with Crippen molar-refractivity contribution < 1.29 is 20.0 Å². The molecule has 0 aliphatic heterocycles. The van der Waals surface area contributed by atoms with Gasteiger partial charge in [-0.3, -0.25) is 0 Å². The molecule has 0 bridgehead atoms. The number of aryl methyl sites for hydroxylation is 2. The van der Waals surface area contributed by atoms with E-state index in [9.17, 15) is 0 Å². The van der Waals surface area contributed by atoms with Crippen LogP contribution in [0.4, 0.5) is 0 Å². The largest absolute Gasteiger partial charge is 0.179 e. The number of hydrogen-bond donors (Lipinski definition) is 0. The number of rotatable bonds is 3. The first-order valence-electron chi connectivity index (χ1n) is 13.0. The summed E-state index contributed by atoms with van der Waals surface area (Å²) in [7, 11) is 0. The average Bonchev–Trinajstić information content (AvgIpc) is 3.64. The van der Waals surface area contributed by atoms with Crippen molar-refractivity contribution in [3.05, 3.63) is 174 Å². The van der Waals surface area contributed by atoms with E-state index in [4.69, 9.17) is 0 Å². The Morgan fingerprint density at radius 3 is 1.87 bits per heavy atom. The summed E-state index contributed by atoms with van der Waals surface area (Å²) >= 11 is 1.75. The summed E-state index contributed by atoms with van der Waals surface area (Å²) in [5.74, 6) is 0. The van der Waals surface area contributed by atoms with E-state index in [0.717, 1.165) is 19.3 Å². The van der Waals surface area contributed by atoms with Crippen molar-refractivity contribution in [1.29, 1.82) is 0 Å². The van der Waals surface area contributed by atoms with Gasteiger partial charge in [-0.05, 0) is 30.4 Å². The summed E-state index contributed by atoms with van der Waals surface area (Å²) in [6.45, 7) is 0. The van der Waals surface area contributed by atoms with E-state index in [-0.39, 0.29) is 0 Å². The van der Waals surface area contributed by atoms with Crippen LogP contribution in [0.3, 0.4) is 0 Å². The summed E-state index contributed by atoms with van der Waals surface area (Å²) in [5.41, 5.74) is 8.34. The molecule has 0 nitrogen and oxygen atoms in total. The van der Waals surface area contributed by atoms with E-state index in [1.807, 2.05) is 6.07 Å². The van der Waals surface area contributed by atoms with Crippen LogP contribution >= 0.6 is 0 Å². The van der Waals surface area contributed by atoms with Crippen molar-refractivity contribution in [2.45, 2.75) is 19.3 Å². The van der Waals surface area contributed by atoms with Gasteiger partial charge in [-0.15, -0.1) is 35.2 Å². The van der Waals surface area contributed by atoms with Crippen LogP contribution in [0.15, 0.2) is 146 Å². The minimum atomic E-state index is 1.05. The molecule has 1 heteroatoms. The van der Waals surface area contributed by atoms with Crippen LogP contribution in [0.25, 0.3) is 21.9 Å². The van der Waals surface area contributed by atoms with Gasteiger partial charge in [0.2, 0.25) is 0 Å². The quantitative estimate of drug-likeness (QED) is 0.160. The van der Waals surface area contributed by atoms with Crippen molar-refractivity contribution in [3.63, 3.8) is 0 Å². The normalized spacial score (nSPS) is 10.5. The summed E-state index contributed by atoms with van der Waals surface area (Å²) in [5, 5.41) is 2.66. The predicted molar refractivity (Wildman–Crippen MR) is 160 cm³/mol. The standard InChI is InChI=1S/C14H14.C13H9.C9H7.CH2.Ti/c1-3-7-13(8-4-1)11-12-14-9-5-2-6-10-14;1-3-7-12-10(5-1)9-11-6-2-4-8-13(11)12;1-2-5-9-7-3-6-8(9)4-1;;/h1-10H,11-12H2;1-5,7-8H,9H2;1-7H;1H2;/q;2*-1;;+2. The maximum atomic E-state index is 3.30. The SMILES string of the molecule is [CH2]=[Ti+2].[c-]1cccc2c1Cc1ccccc1-2.c1ccc(CCc2ccccc2)cc1.c1ccc2[cH-]ccc2c1. The first-order valence-corrected chi connectivity index (χ1v) is 14.1. The summed E-state index contributed by atoms with van der Waals surface area (Å²) in [6, 6.07) is 54.0. The van der Waals surface area contributed by atoms with Crippen LogP contribution in [0.5, 0.6) is 0 Å². The van der Waals surface area contributed by atoms with Gasteiger partial charge in [-0.2, -0.15) is 47.3 Å². The van der Waals surface area contributed by atoms with Crippen LogP contribution in [-0.2, 0) is 39.2 Å². The molecular formula is C37H32Ti. The second-order valence-electron chi connectivity index (χ2n) is 9.02. The number of fused-ring (bicyclic) bond motifs is 4. The topological polar surface area (TPSA) is 0 Å². The van der Waals surface area contributed by atoms with Crippen molar-refractivity contribution >= 4 is 15.6 Å². The van der Waals surface area contributed by atoms with E-state index in [1.165, 1.54) is 44.2 Å². The predicted octanol–water partition coefficient (Wildman–Crippen LogP) is 9.05. The Bertz CT molecular complexity index is 1400. The third kappa shape index (κ3) is 7.65. The molecule has 0 saturated carbocycles. The first-order chi connectivity index (χ1) is 18.9. The molecule has 184 valence electrons. The summed E-state index contributed by atoms with van der Waals surface area (Å²) < 4.78 is 0. The van der Waals surface area contributed by atoms with Gasteiger partial charge in [0, 0.05) is 0 Å². The van der Waals surface area contributed by atoms with Gasteiger partial charge in [-0.1, -0.05) is 102 Å². The van der Waals surface area contributed by atoms with E-state index >= 15 is 0 Å². The Morgan fingerprint density at radius 2 is 1.18 bits per heavy atom. The zero-order valence-electron chi connectivity index (χ0n) is 21.7. The van der Waals surface area contributed by atoms with Crippen molar-refractivity contribution in [3.8, 4) is 11.1 Å². The van der Waals surface area contributed by atoms with Gasteiger partial charge >= 0.3 is 24.8 Å². The molecule has 6 aromatic carbocycles. The minimum absolute atomic E-state index is 1.05. The van der Waals surface area contributed by atoms with Crippen LogP contribution in [0.1, 0.15) is 22.3 Å². The zero-order valence-corrected chi connectivity index (χ0v) is 23.2. The fourth-order valence-electron chi connectivity index (χ4n) is 4.65. The Morgan fingerprint density at radius 1 is 0.605 bits per heavy atom. The molecule has 0 saturated heterocycles. The molecule has 7 rings (SSSR count).